The average molecular weight is 383 g/mol. The monoisotopic (exact) mass is 382 g/mol. The molecule has 2 aromatic carbocycles. The number of halogens is 1. The minimum atomic E-state index is -0.418. The van der Waals surface area contributed by atoms with Crippen molar-refractivity contribution in [3.8, 4) is 0 Å². The standard InChI is InChI=1S/C20H19ClN4O2/c1-12-10-14(21)8-9-16(12)24-18-11-19(23-13(2)22-18)25-17-7-5-4-6-15(17)20(26)27-3/h4-11H,1-3H3,(H2,22,23,24,25). The average Bonchev–Trinajstić information content (AvgIpc) is 2.63. The minimum Gasteiger partial charge on any atom is -0.465 e. The molecule has 7 heteroatoms. The molecule has 3 aromatic rings. The molecule has 2 N–H and O–H groups in total. The summed E-state index contributed by atoms with van der Waals surface area (Å²) in [7, 11) is 1.35. The van der Waals surface area contributed by atoms with Crippen LogP contribution in [0.5, 0.6) is 0 Å². The van der Waals surface area contributed by atoms with E-state index in [1.165, 1.54) is 7.11 Å². The zero-order valence-corrected chi connectivity index (χ0v) is 16.0. The number of aryl methyl sites for hydroxylation is 2. The first-order valence-corrected chi connectivity index (χ1v) is 8.67. The van der Waals surface area contributed by atoms with Gasteiger partial charge < -0.3 is 15.4 Å². The van der Waals surface area contributed by atoms with Gasteiger partial charge in [-0.3, -0.25) is 0 Å². The Balaban J connectivity index is 1.89. The summed E-state index contributed by atoms with van der Waals surface area (Å²) in [6.45, 7) is 3.77. The summed E-state index contributed by atoms with van der Waals surface area (Å²) in [5.41, 5.74) is 2.94. The maximum Gasteiger partial charge on any atom is 0.339 e. The maximum atomic E-state index is 11.9. The van der Waals surface area contributed by atoms with Gasteiger partial charge in [0.25, 0.3) is 0 Å². The van der Waals surface area contributed by atoms with Crippen LogP contribution < -0.4 is 10.6 Å². The third-order valence-electron chi connectivity index (χ3n) is 3.88. The van der Waals surface area contributed by atoms with E-state index in [1.807, 2.05) is 31.2 Å². The number of carbonyl (C=O) groups is 1. The number of benzene rings is 2. The fraction of sp³-hybridized carbons (Fsp3) is 0.150. The molecule has 0 spiro atoms. The quantitative estimate of drug-likeness (QED) is 0.603. The molecule has 0 fully saturated rings. The highest BCUT2D eigenvalue weighted by Crippen LogP contribution is 2.25. The van der Waals surface area contributed by atoms with E-state index < -0.39 is 5.97 Å². The fourth-order valence-electron chi connectivity index (χ4n) is 2.62. The molecule has 0 radical (unpaired) electrons. The van der Waals surface area contributed by atoms with E-state index in [0.29, 0.717) is 33.7 Å². The van der Waals surface area contributed by atoms with E-state index in [9.17, 15) is 4.79 Å². The summed E-state index contributed by atoms with van der Waals surface area (Å²) in [6, 6.07) is 14.5. The van der Waals surface area contributed by atoms with Crippen LogP contribution in [0.15, 0.2) is 48.5 Å². The summed E-state index contributed by atoms with van der Waals surface area (Å²) in [6.07, 6.45) is 0. The number of nitrogens with zero attached hydrogens (tertiary/aromatic N) is 2. The van der Waals surface area contributed by atoms with Crippen molar-refractivity contribution in [2.45, 2.75) is 13.8 Å². The van der Waals surface area contributed by atoms with E-state index in [4.69, 9.17) is 16.3 Å². The van der Waals surface area contributed by atoms with Gasteiger partial charge in [-0.15, -0.1) is 0 Å². The molecule has 0 bridgehead atoms. The summed E-state index contributed by atoms with van der Waals surface area (Å²) < 4.78 is 4.83. The third-order valence-corrected chi connectivity index (χ3v) is 4.12. The van der Waals surface area contributed by atoms with Gasteiger partial charge in [0.2, 0.25) is 0 Å². The Labute approximate surface area is 162 Å². The molecule has 0 unspecified atom stereocenters. The SMILES string of the molecule is COC(=O)c1ccccc1Nc1cc(Nc2ccc(Cl)cc2C)nc(C)n1. The summed E-state index contributed by atoms with van der Waals surface area (Å²) in [5, 5.41) is 7.12. The molecule has 3 rings (SSSR count). The minimum absolute atomic E-state index is 0.418. The van der Waals surface area contributed by atoms with Crippen molar-refractivity contribution in [2.24, 2.45) is 0 Å². The second-order valence-electron chi connectivity index (χ2n) is 5.93. The Morgan fingerprint density at radius 3 is 2.30 bits per heavy atom. The Morgan fingerprint density at radius 2 is 1.63 bits per heavy atom. The van der Waals surface area contributed by atoms with Crippen LogP contribution >= 0.6 is 11.6 Å². The second-order valence-corrected chi connectivity index (χ2v) is 6.37. The van der Waals surface area contributed by atoms with E-state index >= 15 is 0 Å². The second kappa shape index (κ2) is 8.05. The summed E-state index contributed by atoms with van der Waals surface area (Å²) in [4.78, 5) is 20.8. The van der Waals surface area contributed by atoms with Crippen LogP contribution in [0.25, 0.3) is 0 Å². The lowest BCUT2D eigenvalue weighted by molar-refractivity contribution is 0.0602. The molecular formula is C20H19ClN4O2. The largest absolute Gasteiger partial charge is 0.465 e. The highest BCUT2D eigenvalue weighted by Gasteiger charge is 2.12. The molecule has 1 aromatic heterocycles. The van der Waals surface area contributed by atoms with Crippen molar-refractivity contribution in [3.05, 3.63) is 70.5 Å². The Bertz CT molecular complexity index is 991. The zero-order chi connectivity index (χ0) is 19.4. The first-order chi connectivity index (χ1) is 13.0. The first kappa shape index (κ1) is 18.7. The Hall–Kier alpha value is -3.12. The zero-order valence-electron chi connectivity index (χ0n) is 15.2. The van der Waals surface area contributed by atoms with Gasteiger partial charge in [-0.2, -0.15) is 0 Å². The van der Waals surface area contributed by atoms with Crippen molar-refractivity contribution in [2.75, 3.05) is 17.7 Å². The van der Waals surface area contributed by atoms with E-state index in [1.54, 1.807) is 31.2 Å². The number of ether oxygens (including phenoxy) is 1. The number of anilines is 4. The number of esters is 1. The first-order valence-electron chi connectivity index (χ1n) is 8.29. The molecule has 0 amide bonds. The van der Waals surface area contributed by atoms with Crippen LogP contribution in [0.2, 0.25) is 5.02 Å². The number of nitrogens with one attached hydrogen (secondary N) is 2. The topological polar surface area (TPSA) is 76.1 Å². The van der Waals surface area contributed by atoms with Crippen molar-refractivity contribution in [1.82, 2.24) is 9.97 Å². The van der Waals surface area contributed by atoms with Crippen molar-refractivity contribution < 1.29 is 9.53 Å². The van der Waals surface area contributed by atoms with Crippen LogP contribution in [0, 0.1) is 13.8 Å². The van der Waals surface area contributed by atoms with Crippen molar-refractivity contribution >= 4 is 40.6 Å². The van der Waals surface area contributed by atoms with E-state index in [-0.39, 0.29) is 0 Å². The molecule has 0 saturated carbocycles. The number of para-hydroxylation sites is 1. The van der Waals surface area contributed by atoms with Gasteiger partial charge >= 0.3 is 5.97 Å². The lowest BCUT2D eigenvalue weighted by Crippen LogP contribution is -2.07. The Kier molecular flexibility index (Phi) is 5.57. The Morgan fingerprint density at radius 1 is 0.963 bits per heavy atom. The molecule has 0 aliphatic rings. The highest BCUT2D eigenvalue weighted by molar-refractivity contribution is 6.30. The molecule has 0 aliphatic carbocycles. The number of hydrogen-bond acceptors (Lipinski definition) is 6. The van der Waals surface area contributed by atoms with E-state index in [0.717, 1.165) is 11.3 Å². The van der Waals surface area contributed by atoms with Gasteiger partial charge in [0.05, 0.1) is 18.4 Å². The van der Waals surface area contributed by atoms with Gasteiger partial charge in [-0.25, -0.2) is 14.8 Å². The number of aromatic nitrogens is 2. The van der Waals surface area contributed by atoms with E-state index in [2.05, 4.69) is 20.6 Å². The number of rotatable bonds is 5. The molecule has 0 saturated heterocycles. The lowest BCUT2D eigenvalue weighted by atomic mass is 10.2. The van der Waals surface area contributed by atoms with Gasteiger partial charge in [0.1, 0.15) is 17.5 Å². The normalized spacial score (nSPS) is 10.4. The number of methoxy groups -OCH3 is 1. The van der Waals surface area contributed by atoms with Gasteiger partial charge in [-0.05, 0) is 49.7 Å². The van der Waals surface area contributed by atoms with Crippen molar-refractivity contribution in [3.63, 3.8) is 0 Å². The smallest absolute Gasteiger partial charge is 0.339 e. The number of carbonyl (C=O) groups excluding carboxylic acids is 1. The van der Waals surface area contributed by atoms with Crippen LogP contribution in [0.1, 0.15) is 21.7 Å². The molecular weight excluding hydrogens is 364 g/mol. The number of hydrogen-bond donors (Lipinski definition) is 2. The summed E-state index contributed by atoms with van der Waals surface area (Å²) in [5.74, 6) is 1.36. The highest BCUT2D eigenvalue weighted by atomic mass is 35.5. The van der Waals surface area contributed by atoms with Crippen LogP contribution in [-0.2, 0) is 4.74 Å². The predicted molar refractivity (Wildman–Crippen MR) is 107 cm³/mol. The molecule has 138 valence electrons. The van der Waals surface area contributed by atoms with Crippen LogP contribution in [-0.4, -0.2) is 23.0 Å². The van der Waals surface area contributed by atoms with Crippen molar-refractivity contribution in [1.29, 1.82) is 0 Å². The molecule has 6 nitrogen and oxygen atoms in total. The van der Waals surface area contributed by atoms with Crippen LogP contribution in [0.3, 0.4) is 0 Å². The van der Waals surface area contributed by atoms with Gasteiger partial charge in [0, 0.05) is 16.8 Å². The molecule has 27 heavy (non-hydrogen) atoms. The molecule has 0 atom stereocenters. The summed E-state index contributed by atoms with van der Waals surface area (Å²) >= 11 is 6.01. The molecule has 1 heterocycles. The predicted octanol–water partition coefficient (Wildman–Crippen LogP) is 5.02. The fourth-order valence-corrected chi connectivity index (χ4v) is 2.85. The lowest BCUT2D eigenvalue weighted by Gasteiger charge is -2.13. The maximum absolute atomic E-state index is 11.9. The molecule has 0 aliphatic heterocycles. The third kappa shape index (κ3) is 4.54. The van der Waals surface area contributed by atoms with Gasteiger partial charge in [-0.1, -0.05) is 23.7 Å². The van der Waals surface area contributed by atoms with Gasteiger partial charge in [0.15, 0.2) is 0 Å². The van der Waals surface area contributed by atoms with Crippen LogP contribution in [0.4, 0.5) is 23.0 Å².